The lowest BCUT2D eigenvalue weighted by Crippen LogP contribution is -2.25. The van der Waals surface area contributed by atoms with Crippen LogP contribution in [0.5, 0.6) is 0 Å². The van der Waals surface area contributed by atoms with Gasteiger partial charge in [-0.25, -0.2) is 0 Å². The summed E-state index contributed by atoms with van der Waals surface area (Å²) in [6.07, 6.45) is 6.06. The molecule has 0 bridgehead atoms. The molecule has 1 aliphatic carbocycles. The van der Waals surface area contributed by atoms with Crippen molar-refractivity contribution in [2.75, 3.05) is 0 Å². The summed E-state index contributed by atoms with van der Waals surface area (Å²) in [5, 5.41) is 7.60. The van der Waals surface area contributed by atoms with Crippen LogP contribution in [-0.4, -0.2) is 16.2 Å². The predicted octanol–water partition coefficient (Wildman–Crippen LogP) is 4.28. The molecule has 1 atom stereocenters. The van der Waals surface area contributed by atoms with Crippen molar-refractivity contribution >= 4 is 0 Å². The molecule has 1 saturated carbocycles. The maximum Gasteiger partial charge on any atom is 0.240 e. The number of nitrogens with one attached hydrogen (secondary N) is 1. The van der Waals surface area contributed by atoms with Crippen molar-refractivity contribution in [1.82, 2.24) is 15.5 Å². The Kier molecular flexibility index (Phi) is 5.42. The first-order valence-corrected chi connectivity index (χ1v) is 8.46. The van der Waals surface area contributed by atoms with E-state index in [4.69, 9.17) is 4.52 Å². The number of aromatic nitrogens is 2. The van der Waals surface area contributed by atoms with Gasteiger partial charge in [-0.2, -0.15) is 4.98 Å². The summed E-state index contributed by atoms with van der Waals surface area (Å²) in [6, 6.07) is 0.488. The number of hydrogen-bond acceptors (Lipinski definition) is 4. The maximum absolute atomic E-state index is 5.38. The molecule has 1 unspecified atom stereocenters. The zero-order valence-corrected chi connectivity index (χ0v) is 14.3. The molecular weight excluding hydrogens is 262 g/mol. The summed E-state index contributed by atoms with van der Waals surface area (Å²) in [6.45, 7) is 12.1. The van der Waals surface area contributed by atoms with Crippen LogP contribution in [0.1, 0.15) is 84.4 Å². The second-order valence-electron chi connectivity index (χ2n) is 7.65. The first-order chi connectivity index (χ1) is 9.90. The van der Waals surface area contributed by atoms with Crippen LogP contribution in [0.25, 0.3) is 0 Å². The van der Waals surface area contributed by atoms with Crippen molar-refractivity contribution in [2.24, 2.45) is 11.3 Å². The van der Waals surface area contributed by atoms with Crippen LogP contribution in [-0.2, 0) is 6.54 Å². The normalized spacial score (nSPS) is 25.0. The van der Waals surface area contributed by atoms with E-state index in [1.54, 1.807) is 0 Å². The van der Waals surface area contributed by atoms with Gasteiger partial charge in [-0.05, 0) is 50.4 Å². The van der Waals surface area contributed by atoms with E-state index in [2.05, 4.69) is 50.1 Å². The molecule has 4 heteroatoms. The average Bonchev–Trinajstić information content (AvgIpc) is 2.93. The minimum Gasteiger partial charge on any atom is -0.338 e. The quantitative estimate of drug-likeness (QED) is 0.880. The highest BCUT2D eigenvalue weighted by Gasteiger charge is 2.31. The van der Waals surface area contributed by atoms with E-state index in [0.29, 0.717) is 23.9 Å². The molecule has 4 nitrogen and oxygen atoms in total. The molecule has 1 aliphatic rings. The van der Waals surface area contributed by atoms with E-state index < -0.39 is 0 Å². The van der Waals surface area contributed by atoms with E-state index in [-0.39, 0.29) is 0 Å². The Balaban J connectivity index is 1.85. The topological polar surface area (TPSA) is 51.0 Å². The third-order valence-electron chi connectivity index (χ3n) is 5.01. The molecule has 1 heterocycles. The molecule has 0 saturated heterocycles. The number of rotatable bonds is 5. The Bertz CT molecular complexity index is 427. The zero-order chi connectivity index (χ0) is 15.5. The number of nitrogens with zero attached hydrogens (tertiary/aromatic N) is 2. The number of hydrogen-bond donors (Lipinski definition) is 1. The molecule has 0 aliphatic heterocycles. The summed E-state index contributed by atoms with van der Waals surface area (Å²) in [7, 11) is 0. The molecule has 1 fully saturated rings. The Hall–Kier alpha value is -0.900. The summed E-state index contributed by atoms with van der Waals surface area (Å²) >= 11 is 0. The zero-order valence-electron chi connectivity index (χ0n) is 14.3. The van der Waals surface area contributed by atoms with Crippen LogP contribution in [0.15, 0.2) is 4.52 Å². The summed E-state index contributed by atoms with van der Waals surface area (Å²) in [5.74, 6) is 2.96. The third-order valence-corrected chi connectivity index (χ3v) is 5.01. The van der Waals surface area contributed by atoms with Crippen LogP contribution >= 0.6 is 0 Å². The lowest BCUT2D eigenvalue weighted by atomic mass is 9.70. The third kappa shape index (κ3) is 4.53. The van der Waals surface area contributed by atoms with E-state index >= 15 is 0 Å². The summed E-state index contributed by atoms with van der Waals surface area (Å²) in [5.41, 5.74) is 0.424. The first-order valence-electron chi connectivity index (χ1n) is 8.46. The highest BCUT2D eigenvalue weighted by molar-refractivity contribution is 4.98. The standard InChI is InChI=1S/C17H31N3O/c1-6-12(2)18-11-15-19-16(20-21-15)13-7-9-14(10-8-13)17(3,4)5/h12-14,18H,6-11H2,1-5H3. The van der Waals surface area contributed by atoms with E-state index in [1.165, 1.54) is 25.7 Å². The van der Waals surface area contributed by atoms with Crippen molar-refractivity contribution in [2.45, 2.75) is 85.2 Å². The van der Waals surface area contributed by atoms with Crippen LogP contribution in [0.4, 0.5) is 0 Å². The van der Waals surface area contributed by atoms with Crippen LogP contribution in [0.3, 0.4) is 0 Å². The first kappa shape index (κ1) is 16.5. The molecular formula is C17H31N3O. The highest BCUT2D eigenvalue weighted by atomic mass is 16.5. The summed E-state index contributed by atoms with van der Waals surface area (Å²) in [4.78, 5) is 4.59. The largest absolute Gasteiger partial charge is 0.338 e. The molecule has 1 aromatic heterocycles. The fourth-order valence-electron chi connectivity index (χ4n) is 3.13. The minimum absolute atomic E-state index is 0.424. The van der Waals surface area contributed by atoms with Crippen LogP contribution < -0.4 is 5.32 Å². The molecule has 0 spiro atoms. The minimum atomic E-state index is 0.424. The Morgan fingerprint density at radius 1 is 1.24 bits per heavy atom. The molecule has 0 aromatic carbocycles. The maximum atomic E-state index is 5.38. The second-order valence-corrected chi connectivity index (χ2v) is 7.65. The van der Waals surface area contributed by atoms with Gasteiger partial charge in [0.05, 0.1) is 6.54 Å². The van der Waals surface area contributed by atoms with E-state index in [0.717, 1.165) is 24.1 Å². The van der Waals surface area contributed by atoms with Gasteiger partial charge in [-0.1, -0.05) is 32.9 Å². The van der Waals surface area contributed by atoms with E-state index in [9.17, 15) is 0 Å². The van der Waals surface area contributed by atoms with Gasteiger partial charge in [-0.15, -0.1) is 0 Å². The molecule has 1 N–H and O–H groups in total. The van der Waals surface area contributed by atoms with Crippen LogP contribution in [0, 0.1) is 11.3 Å². The van der Waals surface area contributed by atoms with Crippen LogP contribution in [0.2, 0.25) is 0 Å². The van der Waals surface area contributed by atoms with Gasteiger partial charge >= 0.3 is 0 Å². The monoisotopic (exact) mass is 293 g/mol. The van der Waals surface area contributed by atoms with Gasteiger partial charge in [-0.3, -0.25) is 0 Å². The SMILES string of the molecule is CCC(C)NCc1nc(C2CCC(C(C)(C)C)CC2)no1. The summed E-state index contributed by atoms with van der Waals surface area (Å²) < 4.78 is 5.38. The molecule has 2 rings (SSSR count). The molecule has 120 valence electrons. The second kappa shape index (κ2) is 6.91. The smallest absolute Gasteiger partial charge is 0.240 e. The molecule has 0 amide bonds. The fraction of sp³-hybridized carbons (Fsp3) is 0.882. The predicted molar refractivity (Wildman–Crippen MR) is 85.0 cm³/mol. The van der Waals surface area contributed by atoms with Crippen molar-refractivity contribution in [1.29, 1.82) is 0 Å². The van der Waals surface area contributed by atoms with Gasteiger partial charge in [0.15, 0.2) is 5.82 Å². The highest BCUT2D eigenvalue weighted by Crippen LogP contribution is 2.42. The van der Waals surface area contributed by atoms with Crippen molar-refractivity contribution in [3.63, 3.8) is 0 Å². The van der Waals surface area contributed by atoms with Gasteiger partial charge in [0.2, 0.25) is 5.89 Å². The molecule has 21 heavy (non-hydrogen) atoms. The van der Waals surface area contributed by atoms with Gasteiger partial charge in [0, 0.05) is 12.0 Å². The lowest BCUT2D eigenvalue weighted by molar-refractivity contribution is 0.166. The van der Waals surface area contributed by atoms with Gasteiger partial charge in [0.1, 0.15) is 0 Å². The molecule has 1 aromatic rings. The Morgan fingerprint density at radius 3 is 2.48 bits per heavy atom. The van der Waals surface area contributed by atoms with Gasteiger partial charge in [0.25, 0.3) is 0 Å². The average molecular weight is 293 g/mol. The van der Waals surface area contributed by atoms with Crippen molar-refractivity contribution < 1.29 is 4.52 Å². The van der Waals surface area contributed by atoms with Gasteiger partial charge < -0.3 is 9.84 Å². The Morgan fingerprint density at radius 2 is 1.90 bits per heavy atom. The molecule has 0 radical (unpaired) electrons. The Labute approximate surface area is 129 Å². The lowest BCUT2D eigenvalue weighted by Gasteiger charge is -2.36. The van der Waals surface area contributed by atoms with Crippen molar-refractivity contribution in [3.05, 3.63) is 11.7 Å². The fourth-order valence-corrected chi connectivity index (χ4v) is 3.13. The van der Waals surface area contributed by atoms with Crippen molar-refractivity contribution in [3.8, 4) is 0 Å². The van der Waals surface area contributed by atoms with E-state index in [1.807, 2.05) is 0 Å².